The Kier molecular flexibility index (Phi) is 3.91. The van der Waals surface area contributed by atoms with Crippen LogP contribution in [0.3, 0.4) is 0 Å². The van der Waals surface area contributed by atoms with Gasteiger partial charge in [0, 0.05) is 11.8 Å². The Morgan fingerprint density at radius 1 is 1.57 bits per heavy atom. The summed E-state index contributed by atoms with van der Waals surface area (Å²) in [7, 11) is 0. The van der Waals surface area contributed by atoms with Gasteiger partial charge in [0.1, 0.15) is 0 Å². The maximum absolute atomic E-state index is 10.6. The average Bonchev–Trinajstić information content (AvgIpc) is 2.15. The molecule has 0 unspecified atom stereocenters. The van der Waals surface area contributed by atoms with Gasteiger partial charge < -0.3 is 5.11 Å². The smallest absolute Gasteiger partial charge is 0.282 e. The molecule has 0 spiro atoms. The van der Waals surface area contributed by atoms with Crippen LogP contribution in [0.15, 0.2) is 29.2 Å². The van der Waals surface area contributed by atoms with Crippen LogP contribution in [-0.2, 0) is 0 Å². The molecule has 0 saturated carbocycles. The molecule has 1 aromatic rings. The first kappa shape index (κ1) is 11.0. The van der Waals surface area contributed by atoms with E-state index < -0.39 is 11.0 Å². The fraction of sp³-hybridized carbons (Fsp3) is 0.333. The maximum atomic E-state index is 10.6. The fourth-order valence-corrected chi connectivity index (χ4v) is 1.83. The number of aliphatic hydroxyl groups excluding tert-OH is 1. The quantitative estimate of drug-likeness (QED) is 0.472. The second-order valence-corrected chi connectivity index (χ2v) is 3.95. The molecule has 14 heavy (non-hydrogen) atoms. The number of nitro benzene ring substituents is 1. The summed E-state index contributed by atoms with van der Waals surface area (Å²) in [5.74, 6) is 0.463. The molecule has 5 heteroatoms. The highest BCUT2D eigenvalue weighted by Crippen LogP contribution is 2.28. The van der Waals surface area contributed by atoms with Gasteiger partial charge >= 0.3 is 0 Å². The zero-order chi connectivity index (χ0) is 10.6. The molecule has 0 radical (unpaired) electrons. The number of thioether (sulfide) groups is 1. The molecule has 0 amide bonds. The van der Waals surface area contributed by atoms with Gasteiger partial charge in [0.25, 0.3) is 5.69 Å². The standard InChI is InChI=1S/C9H11NO3S/c1-7(11)6-14-9-5-3-2-4-8(9)10(12)13/h2-5,7,11H,6H2,1H3/t7-/m0/s1. The lowest BCUT2D eigenvalue weighted by molar-refractivity contribution is -0.387. The Labute approximate surface area is 86.1 Å². The van der Waals surface area contributed by atoms with Crippen molar-refractivity contribution < 1.29 is 10.0 Å². The number of para-hydroxylation sites is 1. The van der Waals surface area contributed by atoms with Gasteiger partial charge in [-0.25, -0.2) is 0 Å². The van der Waals surface area contributed by atoms with Gasteiger partial charge in [-0.2, -0.15) is 0 Å². The van der Waals surface area contributed by atoms with Crippen LogP contribution in [-0.4, -0.2) is 21.9 Å². The first-order chi connectivity index (χ1) is 6.61. The lowest BCUT2D eigenvalue weighted by atomic mass is 10.3. The second kappa shape index (κ2) is 4.97. The van der Waals surface area contributed by atoms with E-state index in [-0.39, 0.29) is 5.69 Å². The van der Waals surface area contributed by atoms with Crippen LogP contribution in [0.4, 0.5) is 5.69 Å². The predicted octanol–water partition coefficient (Wildman–Crippen LogP) is 2.07. The van der Waals surface area contributed by atoms with Crippen molar-refractivity contribution in [1.82, 2.24) is 0 Å². The number of benzene rings is 1. The first-order valence-electron chi connectivity index (χ1n) is 4.15. The Morgan fingerprint density at radius 2 is 2.21 bits per heavy atom. The second-order valence-electron chi connectivity index (χ2n) is 2.88. The first-order valence-corrected chi connectivity index (χ1v) is 5.14. The van der Waals surface area contributed by atoms with Crippen LogP contribution < -0.4 is 0 Å². The van der Waals surface area contributed by atoms with Crippen molar-refractivity contribution in [2.45, 2.75) is 17.9 Å². The van der Waals surface area contributed by atoms with Crippen molar-refractivity contribution in [3.05, 3.63) is 34.4 Å². The molecule has 0 fully saturated rings. The van der Waals surface area contributed by atoms with E-state index in [1.807, 2.05) is 0 Å². The van der Waals surface area contributed by atoms with Crippen molar-refractivity contribution in [2.24, 2.45) is 0 Å². The van der Waals surface area contributed by atoms with E-state index in [9.17, 15) is 10.1 Å². The van der Waals surface area contributed by atoms with E-state index in [4.69, 9.17) is 5.11 Å². The van der Waals surface area contributed by atoms with Gasteiger partial charge in [0.15, 0.2) is 0 Å². The summed E-state index contributed by atoms with van der Waals surface area (Å²) in [5, 5.41) is 19.6. The van der Waals surface area contributed by atoms with E-state index in [0.29, 0.717) is 10.6 Å². The Balaban J connectivity index is 2.79. The molecular weight excluding hydrogens is 202 g/mol. The fourth-order valence-electron chi connectivity index (χ4n) is 0.940. The minimum Gasteiger partial charge on any atom is -0.393 e. The van der Waals surface area contributed by atoms with Crippen LogP contribution in [0, 0.1) is 10.1 Å². The van der Waals surface area contributed by atoms with Crippen molar-refractivity contribution in [2.75, 3.05) is 5.75 Å². The molecule has 0 saturated heterocycles. The molecule has 0 aliphatic heterocycles. The normalized spacial score (nSPS) is 12.4. The lowest BCUT2D eigenvalue weighted by Crippen LogP contribution is -2.02. The predicted molar refractivity (Wildman–Crippen MR) is 55.5 cm³/mol. The molecule has 1 N–H and O–H groups in total. The van der Waals surface area contributed by atoms with Gasteiger partial charge in [0.2, 0.25) is 0 Å². The molecular formula is C9H11NO3S. The average molecular weight is 213 g/mol. The van der Waals surface area contributed by atoms with Gasteiger partial charge in [0.05, 0.1) is 15.9 Å². The molecule has 0 aromatic heterocycles. The number of hydrogen-bond acceptors (Lipinski definition) is 4. The van der Waals surface area contributed by atoms with Gasteiger partial charge in [-0.05, 0) is 13.0 Å². The summed E-state index contributed by atoms with van der Waals surface area (Å²) in [6, 6.07) is 6.53. The third kappa shape index (κ3) is 3.01. The highest BCUT2D eigenvalue weighted by Gasteiger charge is 2.12. The summed E-state index contributed by atoms with van der Waals surface area (Å²) in [5.41, 5.74) is 0.0955. The van der Waals surface area contributed by atoms with Crippen molar-refractivity contribution >= 4 is 17.4 Å². The molecule has 0 bridgehead atoms. The summed E-state index contributed by atoms with van der Waals surface area (Å²) in [4.78, 5) is 10.8. The third-order valence-electron chi connectivity index (χ3n) is 1.54. The van der Waals surface area contributed by atoms with E-state index in [0.717, 1.165) is 0 Å². The maximum Gasteiger partial charge on any atom is 0.282 e. The van der Waals surface area contributed by atoms with Crippen LogP contribution in [0.5, 0.6) is 0 Å². The van der Waals surface area contributed by atoms with E-state index in [2.05, 4.69) is 0 Å². The zero-order valence-electron chi connectivity index (χ0n) is 7.71. The van der Waals surface area contributed by atoms with Crippen LogP contribution in [0.1, 0.15) is 6.92 Å². The highest BCUT2D eigenvalue weighted by molar-refractivity contribution is 7.99. The van der Waals surface area contributed by atoms with Gasteiger partial charge in [-0.1, -0.05) is 12.1 Å². The summed E-state index contributed by atoms with van der Waals surface area (Å²) in [6.07, 6.45) is -0.459. The van der Waals surface area contributed by atoms with Crippen molar-refractivity contribution in [3.63, 3.8) is 0 Å². The number of hydrogen-bond donors (Lipinski definition) is 1. The summed E-state index contributed by atoms with van der Waals surface area (Å²) in [6.45, 7) is 1.65. The zero-order valence-corrected chi connectivity index (χ0v) is 8.53. The molecule has 0 heterocycles. The Hall–Kier alpha value is -1.07. The largest absolute Gasteiger partial charge is 0.393 e. The molecule has 1 rings (SSSR count). The monoisotopic (exact) mass is 213 g/mol. The number of aliphatic hydroxyl groups is 1. The van der Waals surface area contributed by atoms with Crippen LogP contribution >= 0.6 is 11.8 Å². The molecule has 1 aromatic carbocycles. The Morgan fingerprint density at radius 3 is 2.79 bits per heavy atom. The highest BCUT2D eigenvalue weighted by atomic mass is 32.2. The molecule has 76 valence electrons. The SMILES string of the molecule is C[C@H](O)CSc1ccccc1[N+](=O)[O-]. The number of nitrogens with zero attached hydrogens (tertiary/aromatic N) is 1. The van der Waals surface area contributed by atoms with Crippen molar-refractivity contribution in [1.29, 1.82) is 0 Å². The Bertz CT molecular complexity index is 328. The van der Waals surface area contributed by atoms with Crippen LogP contribution in [0.2, 0.25) is 0 Å². The molecule has 1 atom stereocenters. The van der Waals surface area contributed by atoms with Gasteiger partial charge in [-0.15, -0.1) is 11.8 Å². The number of rotatable bonds is 4. The van der Waals surface area contributed by atoms with E-state index in [1.165, 1.54) is 17.8 Å². The molecule has 0 aliphatic rings. The minimum absolute atomic E-state index is 0.0955. The summed E-state index contributed by atoms with van der Waals surface area (Å²) < 4.78 is 0. The van der Waals surface area contributed by atoms with E-state index in [1.54, 1.807) is 25.1 Å². The topological polar surface area (TPSA) is 63.4 Å². The van der Waals surface area contributed by atoms with Gasteiger partial charge in [-0.3, -0.25) is 10.1 Å². The number of nitro groups is 1. The third-order valence-corrected chi connectivity index (χ3v) is 2.85. The molecule has 4 nitrogen and oxygen atoms in total. The van der Waals surface area contributed by atoms with E-state index >= 15 is 0 Å². The van der Waals surface area contributed by atoms with Crippen molar-refractivity contribution in [3.8, 4) is 0 Å². The molecule has 0 aliphatic carbocycles. The van der Waals surface area contributed by atoms with Crippen LogP contribution in [0.25, 0.3) is 0 Å². The lowest BCUT2D eigenvalue weighted by Gasteiger charge is -2.04. The minimum atomic E-state index is -0.459. The summed E-state index contributed by atoms with van der Waals surface area (Å²) >= 11 is 1.29.